The predicted octanol–water partition coefficient (Wildman–Crippen LogP) is 8.54. The quantitative estimate of drug-likeness (QED) is 0.347. The van der Waals surface area contributed by atoms with Crippen molar-refractivity contribution >= 4 is 7.92 Å². The third kappa shape index (κ3) is 8.72. The molecule has 0 aromatic carbocycles. The van der Waals surface area contributed by atoms with Gasteiger partial charge < -0.3 is 0 Å². The molecule has 0 heterocycles. The van der Waals surface area contributed by atoms with E-state index >= 15 is 0 Å². The average Bonchev–Trinajstić information content (AvgIpc) is 3.16. The molecule has 0 aliphatic heterocycles. The average molecular weight is 341 g/mol. The van der Waals surface area contributed by atoms with E-state index in [9.17, 15) is 0 Å². The van der Waals surface area contributed by atoms with Gasteiger partial charge in [-0.05, 0) is 69.3 Å². The number of hydrogen-bond acceptors (Lipinski definition) is 0. The summed E-state index contributed by atoms with van der Waals surface area (Å²) in [7, 11) is 0.356. The maximum absolute atomic E-state index is 2.45. The lowest BCUT2D eigenvalue weighted by molar-refractivity contribution is 0.504. The smallest absolute Gasteiger partial charge is 0.0204 e. The zero-order valence-electron chi connectivity index (χ0n) is 17.1. The minimum Gasteiger partial charge on any atom is -0.0972 e. The summed E-state index contributed by atoms with van der Waals surface area (Å²) in [6.07, 6.45) is 20.9. The van der Waals surface area contributed by atoms with Crippen molar-refractivity contribution in [3.63, 3.8) is 0 Å². The summed E-state index contributed by atoms with van der Waals surface area (Å²) in [5, 5.41) is 0. The zero-order chi connectivity index (χ0) is 17.5. The molecule has 2 saturated carbocycles. The maximum Gasteiger partial charge on any atom is -0.0204 e. The van der Waals surface area contributed by atoms with Gasteiger partial charge in [-0.1, -0.05) is 79.9 Å². The second-order valence-electron chi connectivity index (χ2n) is 6.81. The first-order valence-electron chi connectivity index (χ1n) is 10.6. The molecule has 2 rings (SSSR count). The third-order valence-corrected chi connectivity index (χ3v) is 9.73. The molecule has 138 valence electrons. The van der Waals surface area contributed by atoms with E-state index in [-0.39, 0.29) is 0 Å². The molecular formula is C22H45P. The molecule has 2 aliphatic rings. The topological polar surface area (TPSA) is 0 Å². The largest absolute Gasteiger partial charge is 0.0972 e. The number of hydrogen-bond donors (Lipinski definition) is 0. The molecular weight excluding hydrogens is 295 g/mol. The minimum atomic E-state index is 0.356. The Balaban J connectivity index is 0.000000705. The van der Waals surface area contributed by atoms with Crippen LogP contribution in [0.3, 0.4) is 0 Å². The molecule has 2 fully saturated rings. The van der Waals surface area contributed by atoms with E-state index in [2.05, 4.69) is 13.8 Å². The van der Waals surface area contributed by atoms with Gasteiger partial charge in [0.2, 0.25) is 0 Å². The van der Waals surface area contributed by atoms with Gasteiger partial charge in [-0.3, -0.25) is 0 Å². The molecule has 0 saturated heterocycles. The van der Waals surface area contributed by atoms with Crippen LogP contribution in [0.25, 0.3) is 0 Å². The molecule has 0 nitrogen and oxygen atoms in total. The number of allylic oxidation sites excluding steroid dienone is 2. The van der Waals surface area contributed by atoms with Crippen LogP contribution in [0.15, 0.2) is 12.2 Å². The van der Waals surface area contributed by atoms with Gasteiger partial charge in [0.05, 0.1) is 0 Å². The van der Waals surface area contributed by atoms with Gasteiger partial charge in [-0.2, -0.15) is 0 Å². The summed E-state index contributed by atoms with van der Waals surface area (Å²) in [5.41, 5.74) is 3.42. The second-order valence-corrected chi connectivity index (χ2v) is 9.90. The fourth-order valence-electron chi connectivity index (χ4n) is 4.19. The van der Waals surface area contributed by atoms with Gasteiger partial charge in [0.25, 0.3) is 0 Å². The first-order chi connectivity index (χ1) is 11.3. The van der Waals surface area contributed by atoms with Gasteiger partial charge >= 0.3 is 0 Å². The number of rotatable bonds is 5. The molecule has 0 spiro atoms. The molecule has 0 radical (unpaired) electrons. The highest BCUT2D eigenvalue weighted by atomic mass is 31.1. The van der Waals surface area contributed by atoms with E-state index in [0.29, 0.717) is 7.92 Å². The van der Waals surface area contributed by atoms with E-state index in [1.165, 1.54) is 44.9 Å². The van der Waals surface area contributed by atoms with E-state index in [1.807, 2.05) is 39.8 Å². The van der Waals surface area contributed by atoms with Crippen LogP contribution in [-0.2, 0) is 0 Å². The first-order valence-corrected chi connectivity index (χ1v) is 12.2. The van der Waals surface area contributed by atoms with Gasteiger partial charge in [-0.25, -0.2) is 0 Å². The molecule has 0 aromatic heterocycles. The molecule has 0 bridgehead atoms. The summed E-state index contributed by atoms with van der Waals surface area (Å²) in [6.45, 7) is 12.9. The summed E-state index contributed by atoms with van der Waals surface area (Å²) in [4.78, 5) is 0. The first kappa shape index (κ1) is 23.2. The fraction of sp³-hybridized carbons (Fsp3) is 0.909. The molecule has 23 heavy (non-hydrogen) atoms. The van der Waals surface area contributed by atoms with Crippen LogP contribution in [0.4, 0.5) is 0 Å². The van der Waals surface area contributed by atoms with Crippen molar-refractivity contribution in [2.45, 2.75) is 129 Å². The standard InChI is InChI=1S/C16H31P.C4H8.C2H6/c1-3-14(4-2)17(16-12-8-9-13-16)15-10-6-5-7-11-15;1-3-4-2;1-2/h14-16H,3-13H2,1-2H3;3-4H,1-2H3;1-2H3/b;4-3-;. The van der Waals surface area contributed by atoms with Gasteiger partial charge in [0.1, 0.15) is 0 Å². The molecule has 1 atom stereocenters. The van der Waals surface area contributed by atoms with E-state index in [4.69, 9.17) is 0 Å². The van der Waals surface area contributed by atoms with Gasteiger partial charge in [0.15, 0.2) is 0 Å². The van der Waals surface area contributed by atoms with Crippen molar-refractivity contribution in [2.75, 3.05) is 0 Å². The maximum atomic E-state index is 2.45. The normalized spacial score (nSPS) is 20.8. The fourth-order valence-corrected chi connectivity index (χ4v) is 8.74. The predicted molar refractivity (Wildman–Crippen MR) is 112 cm³/mol. The minimum absolute atomic E-state index is 0.356. The highest BCUT2D eigenvalue weighted by molar-refractivity contribution is 7.60. The van der Waals surface area contributed by atoms with Crippen LogP contribution in [0, 0.1) is 0 Å². The van der Waals surface area contributed by atoms with E-state index in [1.54, 1.807) is 25.7 Å². The van der Waals surface area contributed by atoms with Crippen LogP contribution in [0.5, 0.6) is 0 Å². The molecule has 0 N–H and O–H groups in total. The second kappa shape index (κ2) is 15.7. The Morgan fingerprint density at radius 2 is 1.09 bits per heavy atom. The van der Waals surface area contributed by atoms with Crippen molar-refractivity contribution in [1.29, 1.82) is 0 Å². The van der Waals surface area contributed by atoms with Crippen molar-refractivity contribution in [3.05, 3.63) is 12.2 Å². The zero-order valence-corrected chi connectivity index (χ0v) is 18.0. The van der Waals surface area contributed by atoms with Crippen LogP contribution < -0.4 is 0 Å². The SMILES string of the molecule is C/C=C\C.CC.CCC(CC)P(C1CCCCC1)C1CCCC1. The Labute approximate surface area is 149 Å². The third-order valence-electron chi connectivity index (χ3n) is 5.44. The van der Waals surface area contributed by atoms with Crippen molar-refractivity contribution in [3.8, 4) is 0 Å². The Hall–Kier alpha value is 0.170. The van der Waals surface area contributed by atoms with Crippen LogP contribution in [0.1, 0.15) is 112 Å². The lowest BCUT2D eigenvalue weighted by Gasteiger charge is -2.40. The molecule has 1 heteroatoms. The Bertz CT molecular complexity index is 249. The Morgan fingerprint density at radius 1 is 0.739 bits per heavy atom. The van der Waals surface area contributed by atoms with E-state index in [0.717, 1.165) is 17.0 Å². The van der Waals surface area contributed by atoms with Crippen LogP contribution in [0.2, 0.25) is 0 Å². The Kier molecular flexibility index (Phi) is 15.8. The highest BCUT2D eigenvalue weighted by Gasteiger charge is 2.35. The molecule has 0 aromatic rings. The van der Waals surface area contributed by atoms with Crippen molar-refractivity contribution in [2.24, 2.45) is 0 Å². The van der Waals surface area contributed by atoms with Crippen molar-refractivity contribution < 1.29 is 0 Å². The van der Waals surface area contributed by atoms with Crippen LogP contribution >= 0.6 is 7.92 Å². The van der Waals surface area contributed by atoms with Gasteiger partial charge in [0, 0.05) is 0 Å². The highest BCUT2D eigenvalue weighted by Crippen LogP contribution is 2.60. The van der Waals surface area contributed by atoms with E-state index < -0.39 is 0 Å². The van der Waals surface area contributed by atoms with Crippen molar-refractivity contribution in [1.82, 2.24) is 0 Å². The summed E-state index contributed by atoms with van der Waals surface area (Å²) in [5.74, 6) is 0. The lowest BCUT2D eigenvalue weighted by atomic mass is 10.0. The summed E-state index contributed by atoms with van der Waals surface area (Å²) in [6, 6.07) is 0. The molecule has 1 unspecified atom stereocenters. The molecule has 2 aliphatic carbocycles. The Morgan fingerprint density at radius 3 is 1.39 bits per heavy atom. The summed E-state index contributed by atoms with van der Waals surface area (Å²) >= 11 is 0. The van der Waals surface area contributed by atoms with Crippen LogP contribution in [-0.4, -0.2) is 17.0 Å². The lowest BCUT2D eigenvalue weighted by Crippen LogP contribution is -2.23. The molecule has 0 amide bonds. The summed E-state index contributed by atoms with van der Waals surface area (Å²) < 4.78 is 0. The van der Waals surface area contributed by atoms with Gasteiger partial charge in [-0.15, -0.1) is 0 Å². The monoisotopic (exact) mass is 340 g/mol.